The molecule has 4 nitrogen and oxygen atoms in total. The molecule has 0 rings (SSSR count). The molecule has 0 atom stereocenters. The van der Waals surface area contributed by atoms with Gasteiger partial charge < -0.3 is 14.4 Å². The standard InChI is InChI=1S/C30H21NO3/c1-4-7-8-9-10-11-12-13-14-15-16-17-18-19-20-21-22-23-24-25-30(32)34-29-28-33-27-26-31(5-2)6-3/h5-6,26-29H2,1-3H3. The van der Waals surface area contributed by atoms with Crippen molar-refractivity contribution in [2.75, 3.05) is 39.5 Å². The predicted octanol–water partition coefficient (Wildman–Crippen LogP) is 0.942. The van der Waals surface area contributed by atoms with Crippen LogP contribution < -0.4 is 0 Å². The Morgan fingerprint density at radius 2 is 1.00 bits per heavy atom. The summed E-state index contributed by atoms with van der Waals surface area (Å²) in [7, 11) is 0. The molecule has 0 radical (unpaired) electrons. The van der Waals surface area contributed by atoms with Crippen LogP contribution in [0.15, 0.2) is 0 Å². The molecule has 0 aliphatic carbocycles. The average Bonchev–Trinajstić information content (AvgIpc) is 2.85. The minimum absolute atomic E-state index is 0.144. The van der Waals surface area contributed by atoms with Crippen molar-refractivity contribution < 1.29 is 14.3 Å². The Morgan fingerprint density at radius 3 is 1.41 bits per heavy atom. The molecule has 0 saturated carbocycles. The maximum atomic E-state index is 11.4. The van der Waals surface area contributed by atoms with Gasteiger partial charge in [-0.25, -0.2) is 4.79 Å². The van der Waals surface area contributed by atoms with Gasteiger partial charge in [-0.15, -0.1) is 0 Å². The molecule has 0 aromatic heterocycles. The van der Waals surface area contributed by atoms with Crippen molar-refractivity contribution in [2.24, 2.45) is 0 Å². The largest absolute Gasteiger partial charge is 0.454 e. The Bertz CT molecular complexity index is 1310. The van der Waals surface area contributed by atoms with Crippen LogP contribution in [-0.2, 0) is 14.3 Å². The minimum atomic E-state index is -0.669. The van der Waals surface area contributed by atoms with Crippen molar-refractivity contribution >= 4 is 5.97 Å². The van der Waals surface area contributed by atoms with Crippen LogP contribution >= 0.6 is 0 Å². The quantitative estimate of drug-likeness (QED) is 0.242. The molecule has 164 valence electrons. The van der Waals surface area contributed by atoms with Crippen molar-refractivity contribution in [3.05, 3.63) is 0 Å². The molecule has 0 amide bonds. The third-order valence-corrected chi connectivity index (χ3v) is 3.26. The van der Waals surface area contributed by atoms with Gasteiger partial charge in [0.2, 0.25) is 0 Å². The van der Waals surface area contributed by atoms with Crippen molar-refractivity contribution in [3.63, 3.8) is 0 Å². The van der Waals surface area contributed by atoms with Gasteiger partial charge >= 0.3 is 5.97 Å². The van der Waals surface area contributed by atoms with Crippen LogP contribution in [0.3, 0.4) is 0 Å². The molecule has 0 saturated heterocycles. The molecule has 0 spiro atoms. The van der Waals surface area contributed by atoms with Gasteiger partial charge in [0.15, 0.2) is 0 Å². The molecular formula is C30H21NO3. The number of carbonyl (C=O) groups excluding carboxylic acids is 1. The zero-order chi connectivity index (χ0) is 25.0. The topological polar surface area (TPSA) is 38.8 Å². The number of likely N-dealkylation sites (N-methyl/N-ethyl adjacent to an activating group) is 1. The molecule has 0 aliphatic heterocycles. The monoisotopic (exact) mass is 443 g/mol. The summed E-state index contributed by atoms with van der Waals surface area (Å²) in [5, 5.41) is 0. The molecule has 0 unspecified atom stereocenters. The van der Waals surface area contributed by atoms with Gasteiger partial charge in [0, 0.05) is 24.3 Å². The Morgan fingerprint density at radius 1 is 0.588 bits per heavy atom. The average molecular weight is 444 g/mol. The number of nitrogens with zero attached hydrogens (tertiary/aromatic N) is 1. The van der Waals surface area contributed by atoms with Crippen molar-refractivity contribution in [2.45, 2.75) is 20.8 Å². The molecule has 0 aromatic rings. The van der Waals surface area contributed by atoms with E-state index >= 15 is 0 Å². The van der Waals surface area contributed by atoms with Crippen LogP contribution in [0.2, 0.25) is 0 Å². The predicted molar refractivity (Wildman–Crippen MR) is 133 cm³/mol. The first-order chi connectivity index (χ1) is 16.7. The van der Waals surface area contributed by atoms with Crippen LogP contribution in [0.5, 0.6) is 0 Å². The lowest BCUT2D eigenvalue weighted by atomic mass is 10.4. The lowest BCUT2D eigenvalue weighted by Gasteiger charge is -2.17. The lowest BCUT2D eigenvalue weighted by molar-refractivity contribution is -0.138. The van der Waals surface area contributed by atoms with E-state index in [4.69, 9.17) is 9.47 Å². The molecule has 4 heteroatoms. The van der Waals surface area contributed by atoms with Gasteiger partial charge in [0.05, 0.1) is 13.2 Å². The first-order valence-corrected chi connectivity index (χ1v) is 10.1. The van der Waals surface area contributed by atoms with E-state index in [1.807, 2.05) is 0 Å². The first-order valence-electron chi connectivity index (χ1n) is 10.1. The van der Waals surface area contributed by atoms with Crippen LogP contribution in [-0.4, -0.2) is 50.3 Å². The van der Waals surface area contributed by atoms with Crippen molar-refractivity contribution in [1.29, 1.82) is 0 Å². The number of carbonyl (C=O) groups is 1. The molecule has 0 bridgehead atoms. The smallest absolute Gasteiger partial charge is 0.385 e. The highest BCUT2D eigenvalue weighted by atomic mass is 16.6. The first kappa shape index (κ1) is 29.0. The normalized spacial score (nSPS) is 6.71. The zero-order valence-electron chi connectivity index (χ0n) is 19.4. The van der Waals surface area contributed by atoms with Gasteiger partial charge in [0.25, 0.3) is 0 Å². The van der Waals surface area contributed by atoms with Crippen LogP contribution in [0, 0.1) is 118 Å². The zero-order valence-corrected chi connectivity index (χ0v) is 19.4. The molecule has 0 aliphatic rings. The number of hydrogen-bond donors (Lipinski definition) is 0. The van der Waals surface area contributed by atoms with E-state index in [1.165, 1.54) is 0 Å². The fourth-order valence-corrected chi connectivity index (χ4v) is 1.71. The maximum absolute atomic E-state index is 11.4. The molecule has 0 N–H and O–H groups in total. The van der Waals surface area contributed by atoms with Crippen molar-refractivity contribution in [3.8, 4) is 118 Å². The van der Waals surface area contributed by atoms with Crippen molar-refractivity contribution in [1.82, 2.24) is 4.90 Å². The van der Waals surface area contributed by atoms with Gasteiger partial charge in [-0.1, -0.05) is 19.8 Å². The second-order valence-electron chi connectivity index (χ2n) is 5.40. The Kier molecular flexibility index (Phi) is 20.7. The summed E-state index contributed by atoms with van der Waals surface area (Å²) in [5.74, 6) is 48.9. The minimum Gasteiger partial charge on any atom is -0.454 e. The van der Waals surface area contributed by atoms with Gasteiger partial charge in [-0.05, 0) is 115 Å². The summed E-state index contributed by atoms with van der Waals surface area (Å²) in [6.07, 6.45) is 0. The second-order valence-corrected chi connectivity index (χ2v) is 5.40. The fourth-order valence-electron chi connectivity index (χ4n) is 1.71. The Hall–Kier alpha value is -5.01. The van der Waals surface area contributed by atoms with E-state index in [0.717, 1.165) is 19.6 Å². The van der Waals surface area contributed by atoms with E-state index in [-0.39, 0.29) is 6.61 Å². The van der Waals surface area contributed by atoms with E-state index in [1.54, 1.807) is 6.92 Å². The summed E-state index contributed by atoms with van der Waals surface area (Å²) in [4.78, 5) is 13.7. The van der Waals surface area contributed by atoms with Crippen LogP contribution in [0.4, 0.5) is 0 Å². The highest BCUT2D eigenvalue weighted by molar-refractivity contribution is 5.89. The highest BCUT2D eigenvalue weighted by Crippen LogP contribution is 1.87. The third-order valence-electron chi connectivity index (χ3n) is 3.26. The molecular weight excluding hydrogens is 422 g/mol. The van der Waals surface area contributed by atoms with Gasteiger partial charge in [-0.3, -0.25) is 0 Å². The van der Waals surface area contributed by atoms with Gasteiger partial charge in [-0.2, -0.15) is 0 Å². The number of hydrogen-bond acceptors (Lipinski definition) is 4. The second kappa shape index (κ2) is 24.3. The number of rotatable bonds is 8. The Balaban J connectivity index is 4.19. The van der Waals surface area contributed by atoms with Gasteiger partial charge in [0.1, 0.15) is 6.61 Å². The van der Waals surface area contributed by atoms with E-state index in [2.05, 4.69) is 137 Å². The summed E-state index contributed by atoms with van der Waals surface area (Å²) < 4.78 is 10.3. The lowest BCUT2D eigenvalue weighted by Crippen LogP contribution is -2.27. The SMILES string of the molecule is CC#CC#CC#CC#CC#CC#CC#CC#CC#CC#CC(=O)OCCOCCN(CC)CC. The summed E-state index contributed by atoms with van der Waals surface area (Å²) in [6.45, 7) is 9.75. The van der Waals surface area contributed by atoms with E-state index in [0.29, 0.717) is 13.2 Å². The van der Waals surface area contributed by atoms with Crippen LogP contribution in [0.25, 0.3) is 0 Å². The molecule has 0 aromatic carbocycles. The summed E-state index contributed by atoms with van der Waals surface area (Å²) in [6, 6.07) is 0. The molecule has 0 fully saturated rings. The van der Waals surface area contributed by atoms with E-state index < -0.39 is 5.97 Å². The maximum Gasteiger partial charge on any atom is 0.385 e. The molecule has 34 heavy (non-hydrogen) atoms. The number of ether oxygens (including phenoxy) is 2. The summed E-state index contributed by atoms with van der Waals surface area (Å²) >= 11 is 0. The molecule has 0 heterocycles. The van der Waals surface area contributed by atoms with E-state index in [9.17, 15) is 4.79 Å². The Labute approximate surface area is 203 Å². The highest BCUT2D eigenvalue weighted by Gasteiger charge is 1.99. The third kappa shape index (κ3) is 21.7. The summed E-state index contributed by atoms with van der Waals surface area (Å²) in [5.41, 5.74) is 0. The number of esters is 1. The fraction of sp³-hybridized carbons (Fsp3) is 0.300. The van der Waals surface area contributed by atoms with Crippen LogP contribution in [0.1, 0.15) is 20.8 Å².